The molecular formula is C27H44O2Si. The van der Waals surface area contributed by atoms with E-state index in [1.54, 1.807) is 0 Å². The van der Waals surface area contributed by atoms with Crippen LogP contribution in [-0.4, -0.2) is 14.0 Å². The van der Waals surface area contributed by atoms with Gasteiger partial charge in [-0.25, -0.2) is 0 Å². The van der Waals surface area contributed by atoms with Gasteiger partial charge in [0.15, 0.2) is 0 Å². The Bertz CT molecular complexity index is 637. The van der Waals surface area contributed by atoms with Crippen LogP contribution in [0.4, 0.5) is 0 Å². The quantitative estimate of drug-likeness (QED) is 0.171. The molecule has 168 valence electrons. The molecule has 2 fully saturated rings. The lowest BCUT2D eigenvalue weighted by atomic mass is 9.85. The second kappa shape index (κ2) is 11.5. The molecular weight excluding hydrogens is 384 g/mol. The molecule has 0 amide bonds. The third-order valence-corrected chi connectivity index (χ3v) is 13.6. The van der Waals surface area contributed by atoms with Crippen LogP contribution in [-0.2, 0) is 11.2 Å². The molecule has 0 N–H and O–H groups in total. The van der Waals surface area contributed by atoms with Crippen molar-refractivity contribution in [2.24, 2.45) is 11.8 Å². The number of unbranched alkanes of at least 4 members (excludes halogenated alkanes) is 2. The standard InChI is InChI=1S/C27H44O2Si/c1-4-6-7-9-23-12-16-26(17-13-23)30(3)20-18-24(19-21-30)27(28)29-25-14-10-22(8-5-2)11-15-25/h10-11,14-15,23-24,26H,4-9,12-13,16-21H2,1-3H3. The van der Waals surface area contributed by atoms with Crippen LogP contribution >= 0.6 is 0 Å². The zero-order valence-corrected chi connectivity index (χ0v) is 20.8. The van der Waals surface area contributed by atoms with Crippen LogP contribution in [0.2, 0.25) is 24.2 Å². The van der Waals surface area contributed by atoms with Crippen LogP contribution in [0.3, 0.4) is 0 Å². The second-order valence-electron chi connectivity index (χ2n) is 10.5. The number of ether oxygens (including phenoxy) is 1. The minimum absolute atomic E-state index is 0.00826. The van der Waals surface area contributed by atoms with Gasteiger partial charge in [-0.3, -0.25) is 4.79 Å². The van der Waals surface area contributed by atoms with Crippen LogP contribution in [0.25, 0.3) is 0 Å². The van der Waals surface area contributed by atoms with Gasteiger partial charge in [-0.05, 0) is 48.4 Å². The smallest absolute Gasteiger partial charge is 0.314 e. The summed E-state index contributed by atoms with van der Waals surface area (Å²) in [5, 5.41) is 0. The van der Waals surface area contributed by atoms with Crippen molar-refractivity contribution in [3.63, 3.8) is 0 Å². The summed E-state index contributed by atoms with van der Waals surface area (Å²) in [5.41, 5.74) is 2.32. The van der Waals surface area contributed by atoms with Gasteiger partial charge in [0.25, 0.3) is 0 Å². The second-order valence-corrected chi connectivity index (χ2v) is 15.6. The predicted octanol–water partition coefficient (Wildman–Crippen LogP) is 8.17. The minimum Gasteiger partial charge on any atom is -0.426 e. The van der Waals surface area contributed by atoms with E-state index < -0.39 is 8.07 Å². The van der Waals surface area contributed by atoms with Gasteiger partial charge < -0.3 is 4.74 Å². The average molecular weight is 429 g/mol. The lowest BCUT2D eigenvalue weighted by molar-refractivity contribution is -0.139. The Balaban J connectivity index is 1.43. The van der Waals surface area contributed by atoms with Crippen molar-refractivity contribution >= 4 is 14.0 Å². The van der Waals surface area contributed by atoms with Crippen LogP contribution in [0.1, 0.15) is 90.0 Å². The highest BCUT2D eigenvalue weighted by atomic mass is 28.3. The van der Waals surface area contributed by atoms with Crippen LogP contribution in [0.15, 0.2) is 24.3 Å². The van der Waals surface area contributed by atoms with Crippen molar-refractivity contribution in [1.29, 1.82) is 0 Å². The lowest BCUT2D eigenvalue weighted by Crippen LogP contribution is -2.43. The summed E-state index contributed by atoms with van der Waals surface area (Å²) in [5.74, 6) is 1.84. The van der Waals surface area contributed by atoms with Gasteiger partial charge in [0.1, 0.15) is 5.75 Å². The normalized spacial score (nSPS) is 29.5. The van der Waals surface area contributed by atoms with Crippen molar-refractivity contribution < 1.29 is 9.53 Å². The topological polar surface area (TPSA) is 26.3 Å². The lowest BCUT2D eigenvalue weighted by Gasteiger charge is -2.44. The van der Waals surface area contributed by atoms with Crippen molar-refractivity contribution in [3.05, 3.63) is 29.8 Å². The third-order valence-electron chi connectivity index (χ3n) is 8.19. The monoisotopic (exact) mass is 428 g/mol. The molecule has 1 heterocycles. The highest BCUT2D eigenvalue weighted by molar-refractivity contribution is 6.80. The fourth-order valence-corrected chi connectivity index (χ4v) is 10.8. The molecule has 0 spiro atoms. The van der Waals surface area contributed by atoms with Crippen molar-refractivity contribution in [2.75, 3.05) is 0 Å². The summed E-state index contributed by atoms with van der Waals surface area (Å²) in [6.45, 7) is 7.13. The number of carbonyl (C=O) groups excluding carboxylic acids is 1. The molecule has 3 heteroatoms. The molecule has 1 aromatic rings. The Kier molecular flexibility index (Phi) is 9.04. The maximum atomic E-state index is 12.7. The minimum atomic E-state index is -1.21. The molecule has 0 radical (unpaired) electrons. The van der Waals surface area contributed by atoms with Gasteiger partial charge in [0, 0.05) is 0 Å². The summed E-state index contributed by atoms with van der Waals surface area (Å²) in [6.07, 6.45) is 15.9. The molecule has 0 aromatic heterocycles. The van der Waals surface area contributed by atoms with Gasteiger partial charge >= 0.3 is 5.97 Å². The summed E-state index contributed by atoms with van der Waals surface area (Å²) < 4.78 is 5.74. The third kappa shape index (κ3) is 6.45. The highest BCUT2D eigenvalue weighted by Gasteiger charge is 2.42. The summed E-state index contributed by atoms with van der Waals surface area (Å²) in [7, 11) is -1.21. The van der Waals surface area contributed by atoms with E-state index in [4.69, 9.17) is 4.74 Å². The molecule has 30 heavy (non-hydrogen) atoms. The van der Waals surface area contributed by atoms with Gasteiger partial charge in [0.05, 0.1) is 14.0 Å². The molecule has 2 aliphatic rings. The Hall–Kier alpha value is -1.09. The molecule has 1 saturated heterocycles. The van der Waals surface area contributed by atoms with Gasteiger partial charge in [-0.2, -0.15) is 0 Å². The maximum Gasteiger partial charge on any atom is 0.314 e. The molecule has 0 atom stereocenters. The number of hydrogen-bond acceptors (Lipinski definition) is 2. The molecule has 1 saturated carbocycles. The van der Waals surface area contributed by atoms with E-state index in [-0.39, 0.29) is 11.9 Å². The Labute approximate surface area is 186 Å². The number of esters is 1. The van der Waals surface area contributed by atoms with Crippen molar-refractivity contribution in [3.8, 4) is 5.75 Å². The van der Waals surface area contributed by atoms with E-state index in [9.17, 15) is 4.79 Å². The molecule has 0 unspecified atom stereocenters. The Morgan fingerprint density at radius 3 is 2.20 bits per heavy atom. The molecule has 1 aromatic carbocycles. The van der Waals surface area contributed by atoms with E-state index in [0.29, 0.717) is 5.75 Å². The molecule has 1 aliphatic heterocycles. The van der Waals surface area contributed by atoms with Crippen LogP contribution in [0.5, 0.6) is 5.75 Å². The average Bonchev–Trinajstić information content (AvgIpc) is 2.76. The number of aryl methyl sites for hydroxylation is 1. The summed E-state index contributed by atoms with van der Waals surface area (Å²) >= 11 is 0. The number of hydrogen-bond donors (Lipinski definition) is 0. The van der Waals surface area contributed by atoms with E-state index in [0.717, 1.165) is 37.1 Å². The number of rotatable bonds is 9. The summed E-state index contributed by atoms with van der Waals surface area (Å²) in [4.78, 5) is 12.7. The first-order valence-corrected chi connectivity index (χ1v) is 15.8. The van der Waals surface area contributed by atoms with E-state index in [1.807, 2.05) is 12.1 Å². The first kappa shape index (κ1) is 23.6. The van der Waals surface area contributed by atoms with Gasteiger partial charge in [0.2, 0.25) is 0 Å². The van der Waals surface area contributed by atoms with Gasteiger partial charge in [-0.15, -0.1) is 0 Å². The van der Waals surface area contributed by atoms with Crippen molar-refractivity contribution in [1.82, 2.24) is 0 Å². The zero-order valence-electron chi connectivity index (χ0n) is 19.8. The maximum absolute atomic E-state index is 12.7. The SMILES string of the molecule is CCCCCC1CCC([Si]2(C)CCC(C(=O)Oc3ccc(CCC)cc3)CC2)CC1. The Morgan fingerprint density at radius 2 is 1.60 bits per heavy atom. The fourth-order valence-electron chi connectivity index (χ4n) is 5.96. The van der Waals surface area contributed by atoms with Gasteiger partial charge in [-0.1, -0.05) is 102 Å². The highest BCUT2D eigenvalue weighted by Crippen LogP contribution is 2.48. The van der Waals surface area contributed by atoms with E-state index in [1.165, 1.54) is 69.0 Å². The van der Waals surface area contributed by atoms with E-state index >= 15 is 0 Å². The predicted molar refractivity (Wildman–Crippen MR) is 130 cm³/mol. The van der Waals surface area contributed by atoms with Crippen molar-refractivity contribution in [2.45, 2.75) is 115 Å². The number of benzene rings is 1. The number of carbonyl (C=O) groups is 1. The first-order chi connectivity index (χ1) is 14.5. The van der Waals surface area contributed by atoms with Crippen LogP contribution in [0, 0.1) is 11.8 Å². The largest absolute Gasteiger partial charge is 0.426 e. The first-order valence-electron chi connectivity index (χ1n) is 12.8. The molecule has 3 rings (SSSR count). The molecule has 0 bridgehead atoms. The van der Waals surface area contributed by atoms with Crippen LogP contribution < -0.4 is 4.74 Å². The molecule has 1 aliphatic carbocycles. The summed E-state index contributed by atoms with van der Waals surface area (Å²) in [6, 6.07) is 10.8. The van der Waals surface area contributed by atoms with E-state index in [2.05, 4.69) is 32.5 Å². The zero-order chi connectivity index (χ0) is 21.4. The molecule has 2 nitrogen and oxygen atoms in total. The fraction of sp³-hybridized carbons (Fsp3) is 0.741. The Morgan fingerprint density at radius 1 is 0.933 bits per heavy atom.